The van der Waals surface area contributed by atoms with Crippen LogP contribution in [-0.4, -0.2) is 22.4 Å². The second-order valence-corrected chi connectivity index (χ2v) is 12.3. The van der Waals surface area contributed by atoms with Crippen LogP contribution < -0.4 is 0 Å². The number of rotatable bonds is 5. The van der Waals surface area contributed by atoms with Crippen LogP contribution in [0.4, 0.5) is 0 Å². The van der Waals surface area contributed by atoms with Crippen LogP contribution in [0, 0.1) is 46.3 Å². The molecule has 30 heavy (non-hydrogen) atoms. The number of aliphatic hydroxyl groups is 2. The molecule has 0 aliphatic heterocycles. The van der Waals surface area contributed by atoms with Gasteiger partial charge in [-0.25, -0.2) is 0 Å². The summed E-state index contributed by atoms with van der Waals surface area (Å²) in [5.74, 6) is 3.76. The van der Waals surface area contributed by atoms with Crippen molar-refractivity contribution in [3.05, 3.63) is 23.8 Å². The van der Waals surface area contributed by atoms with Crippen molar-refractivity contribution in [2.75, 3.05) is 0 Å². The van der Waals surface area contributed by atoms with Gasteiger partial charge in [0.1, 0.15) is 0 Å². The van der Waals surface area contributed by atoms with E-state index >= 15 is 0 Å². The maximum absolute atomic E-state index is 11.3. The van der Waals surface area contributed by atoms with Crippen LogP contribution in [0.5, 0.6) is 0 Å². The first-order valence-electron chi connectivity index (χ1n) is 12.8. The summed E-state index contributed by atoms with van der Waals surface area (Å²) in [6.07, 6.45) is 12.1. The fourth-order valence-electron chi connectivity index (χ4n) is 8.51. The molecule has 0 radical (unpaired) electrons. The zero-order valence-electron chi connectivity index (χ0n) is 20.2. The second-order valence-electron chi connectivity index (χ2n) is 12.3. The Hall–Kier alpha value is -0.600. The zero-order chi connectivity index (χ0) is 21.8. The predicted molar refractivity (Wildman–Crippen MR) is 125 cm³/mol. The normalized spacial score (nSPS) is 46.6. The summed E-state index contributed by atoms with van der Waals surface area (Å²) in [5.41, 5.74) is 3.33. The van der Waals surface area contributed by atoms with Gasteiger partial charge in [0.05, 0.1) is 12.2 Å². The molecule has 3 saturated carbocycles. The molecule has 3 fully saturated rings. The fourth-order valence-corrected chi connectivity index (χ4v) is 8.51. The lowest BCUT2D eigenvalue weighted by Crippen LogP contribution is -2.54. The van der Waals surface area contributed by atoms with Crippen LogP contribution in [-0.2, 0) is 0 Å². The van der Waals surface area contributed by atoms with Crippen LogP contribution in [0.1, 0.15) is 92.4 Å². The van der Waals surface area contributed by atoms with Crippen LogP contribution in [0.15, 0.2) is 23.8 Å². The minimum Gasteiger partial charge on any atom is -0.393 e. The van der Waals surface area contributed by atoms with Gasteiger partial charge in [0.25, 0.3) is 0 Å². The van der Waals surface area contributed by atoms with Crippen molar-refractivity contribution >= 4 is 0 Å². The van der Waals surface area contributed by atoms with Crippen molar-refractivity contribution < 1.29 is 10.2 Å². The average molecular weight is 415 g/mol. The van der Waals surface area contributed by atoms with E-state index in [-0.39, 0.29) is 17.6 Å². The standard InChI is InChI=1S/C28H46O2/c1-17(2)18(3)7-8-19(4)22-9-10-23-26-24(12-14-28(22,23)6)27(5)13-11-21(29)15-20(27)16-25(26)30/h16-17,19,21-26,29-30H,3,7-15H2,1-2,4-6H3/t19-,21+,22-,23+,24+,25-,26?,27+,28-/m1/s1. The molecule has 0 heterocycles. The van der Waals surface area contributed by atoms with E-state index in [9.17, 15) is 10.2 Å². The van der Waals surface area contributed by atoms with Crippen molar-refractivity contribution in [3.8, 4) is 0 Å². The molecule has 2 heteroatoms. The van der Waals surface area contributed by atoms with Crippen molar-refractivity contribution in [2.24, 2.45) is 46.3 Å². The molecule has 0 aromatic heterocycles. The molecular formula is C28H46O2. The molecule has 0 saturated heterocycles. The van der Waals surface area contributed by atoms with Gasteiger partial charge in [-0.1, -0.05) is 58.4 Å². The van der Waals surface area contributed by atoms with E-state index in [1.54, 1.807) is 0 Å². The highest BCUT2D eigenvalue weighted by molar-refractivity contribution is 5.28. The van der Waals surface area contributed by atoms with Crippen LogP contribution >= 0.6 is 0 Å². The first-order chi connectivity index (χ1) is 14.1. The number of aliphatic hydroxyl groups excluding tert-OH is 2. The lowest BCUT2D eigenvalue weighted by molar-refractivity contribution is -0.0970. The van der Waals surface area contributed by atoms with Gasteiger partial charge in [-0.3, -0.25) is 0 Å². The summed E-state index contributed by atoms with van der Waals surface area (Å²) in [6, 6.07) is 0. The molecule has 4 aliphatic carbocycles. The SMILES string of the molecule is C=C(CC[C@@H](C)[C@H]1CC[C@H]2C3[C@H](O)C=C4C[C@@H](O)CC[C@]4(C)[C@H]3CC[C@]12C)C(C)C. The Morgan fingerprint density at radius 2 is 1.80 bits per heavy atom. The van der Waals surface area contributed by atoms with Crippen LogP contribution in [0.2, 0.25) is 0 Å². The number of hydrogen-bond acceptors (Lipinski definition) is 2. The fraction of sp³-hybridized carbons (Fsp3) is 0.857. The van der Waals surface area contributed by atoms with Crippen LogP contribution in [0.25, 0.3) is 0 Å². The van der Waals surface area contributed by atoms with Gasteiger partial charge < -0.3 is 10.2 Å². The van der Waals surface area contributed by atoms with E-state index < -0.39 is 0 Å². The maximum Gasteiger partial charge on any atom is 0.0757 e. The average Bonchev–Trinajstić information content (AvgIpc) is 3.04. The molecule has 1 unspecified atom stereocenters. The number of allylic oxidation sites excluding steroid dienone is 1. The Morgan fingerprint density at radius 3 is 2.50 bits per heavy atom. The summed E-state index contributed by atoms with van der Waals surface area (Å²) in [7, 11) is 0. The largest absolute Gasteiger partial charge is 0.393 e. The number of hydrogen-bond donors (Lipinski definition) is 2. The van der Waals surface area contributed by atoms with E-state index in [2.05, 4.69) is 47.3 Å². The lowest BCUT2D eigenvalue weighted by atomic mass is 9.46. The van der Waals surface area contributed by atoms with E-state index in [4.69, 9.17) is 0 Å². The van der Waals surface area contributed by atoms with Gasteiger partial charge >= 0.3 is 0 Å². The highest BCUT2D eigenvalue weighted by Crippen LogP contribution is 2.67. The molecule has 0 amide bonds. The van der Waals surface area contributed by atoms with Crippen molar-refractivity contribution in [1.29, 1.82) is 0 Å². The highest BCUT2D eigenvalue weighted by Gasteiger charge is 2.61. The molecule has 9 atom stereocenters. The zero-order valence-corrected chi connectivity index (χ0v) is 20.2. The minimum absolute atomic E-state index is 0.198. The Morgan fingerprint density at radius 1 is 1.07 bits per heavy atom. The van der Waals surface area contributed by atoms with Gasteiger partial charge in [0.2, 0.25) is 0 Å². The Labute approximate surface area is 185 Å². The maximum atomic E-state index is 11.3. The monoisotopic (exact) mass is 414 g/mol. The summed E-state index contributed by atoms with van der Waals surface area (Å²) in [4.78, 5) is 0. The topological polar surface area (TPSA) is 40.5 Å². The van der Waals surface area contributed by atoms with Gasteiger partial charge in [0.15, 0.2) is 0 Å². The molecule has 2 N–H and O–H groups in total. The Bertz CT molecular complexity index is 693. The molecular weight excluding hydrogens is 368 g/mol. The van der Waals surface area contributed by atoms with Gasteiger partial charge in [0, 0.05) is 0 Å². The van der Waals surface area contributed by atoms with E-state index in [1.807, 2.05) is 0 Å². The summed E-state index contributed by atoms with van der Waals surface area (Å²) in [5, 5.41) is 21.5. The summed E-state index contributed by atoms with van der Waals surface area (Å²) in [6.45, 7) is 16.3. The van der Waals surface area contributed by atoms with E-state index in [1.165, 1.54) is 43.3 Å². The van der Waals surface area contributed by atoms with Gasteiger partial charge in [-0.05, 0) is 104 Å². The number of fused-ring (bicyclic) bond motifs is 5. The third-order valence-electron chi connectivity index (χ3n) is 10.6. The summed E-state index contributed by atoms with van der Waals surface area (Å²) >= 11 is 0. The minimum atomic E-state index is -0.317. The molecule has 0 spiro atoms. The highest BCUT2D eigenvalue weighted by atomic mass is 16.3. The molecule has 0 aromatic carbocycles. The smallest absolute Gasteiger partial charge is 0.0757 e. The Kier molecular flexibility index (Phi) is 6.08. The van der Waals surface area contributed by atoms with Crippen molar-refractivity contribution in [1.82, 2.24) is 0 Å². The van der Waals surface area contributed by atoms with Gasteiger partial charge in [-0.15, -0.1) is 0 Å². The predicted octanol–water partition coefficient (Wildman–Crippen LogP) is 6.53. The molecule has 0 bridgehead atoms. The van der Waals surface area contributed by atoms with Gasteiger partial charge in [-0.2, -0.15) is 0 Å². The Balaban J connectivity index is 1.54. The van der Waals surface area contributed by atoms with Crippen LogP contribution in [0.3, 0.4) is 0 Å². The molecule has 2 nitrogen and oxygen atoms in total. The lowest BCUT2D eigenvalue weighted by Gasteiger charge is -2.59. The quantitative estimate of drug-likeness (QED) is 0.502. The summed E-state index contributed by atoms with van der Waals surface area (Å²) < 4.78 is 0. The second kappa shape index (κ2) is 8.07. The van der Waals surface area contributed by atoms with E-state index in [0.29, 0.717) is 29.1 Å². The molecule has 4 aliphatic rings. The van der Waals surface area contributed by atoms with Crippen molar-refractivity contribution in [3.63, 3.8) is 0 Å². The molecule has 170 valence electrons. The van der Waals surface area contributed by atoms with Crippen molar-refractivity contribution in [2.45, 2.75) is 105 Å². The molecule has 4 rings (SSSR count). The molecule has 0 aromatic rings. The van der Waals surface area contributed by atoms with E-state index in [0.717, 1.165) is 37.5 Å². The first-order valence-corrected chi connectivity index (χ1v) is 12.8. The third kappa shape index (κ3) is 3.54. The first kappa shape index (κ1) is 22.6. The third-order valence-corrected chi connectivity index (χ3v) is 10.6.